The van der Waals surface area contributed by atoms with Crippen LogP contribution in [-0.4, -0.2) is 9.85 Å². The summed E-state index contributed by atoms with van der Waals surface area (Å²) < 4.78 is 0. The molecule has 1 aliphatic rings. The van der Waals surface area contributed by atoms with Crippen LogP contribution >= 0.6 is 0 Å². The van der Waals surface area contributed by atoms with Crippen LogP contribution in [0, 0.1) is 31.6 Å². The van der Waals surface area contributed by atoms with E-state index in [1.165, 1.54) is 12.1 Å². The van der Waals surface area contributed by atoms with Crippen LogP contribution in [0.25, 0.3) is 0 Å². The van der Waals surface area contributed by atoms with Crippen LogP contribution in [0.5, 0.6) is 0 Å². The molecule has 25 heavy (non-hydrogen) atoms. The Labute approximate surface area is 147 Å². The number of rotatable bonds is 3. The fourth-order valence-corrected chi connectivity index (χ4v) is 3.32. The van der Waals surface area contributed by atoms with E-state index in [4.69, 9.17) is 0 Å². The van der Waals surface area contributed by atoms with Crippen molar-refractivity contribution in [2.45, 2.75) is 47.0 Å². The van der Waals surface area contributed by atoms with E-state index >= 15 is 0 Å². The zero-order valence-corrected chi connectivity index (χ0v) is 15.5. The van der Waals surface area contributed by atoms with Gasteiger partial charge in [0.2, 0.25) is 0 Å². The second-order valence-electron chi connectivity index (χ2n) is 7.96. The maximum absolute atomic E-state index is 11.6. The van der Waals surface area contributed by atoms with Gasteiger partial charge in [-0.05, 0) is 29.9 Å². The third kappa shape index (κ3) is 3.34. The Morgan fingerprint density at radius 1 is 1.12 bits per heavy atom. The predicted molar refractivity (Wildman–Crippen MR) is 97.6 cm³/mol. The first kappa shape index (κ1) is 18.8. The monoisotopic (exact) mass is 344 g/mol. The second-order valence-corrected chi connectivity index (χ2v) is 7.96. The number of hydrogen-bond donors (Lipinski definition) is 0. The smallest absolute Gasteiger partial charge is 0.258 e. The van der Waals surface area contributed by atoms with Crippen molar-refractivity contribution >= 4 is 11.4 Å². The lowest BCUT2D eigenvalue weighted by molar-refractivity contribution is -0.394. The lowest BCUT2D eigenvalue weighted by Gasteiger charge is -2.40. The van der Waals surface area contributed by atoms with E-state index in [0.29, 0.717) is 5.56 Å². The fraction of sp³-hybridized carbons (Fsp3) is 0.474. The minimum absolute atomic E-state index is 0.0405. The van der Waals surface area contributed by atoms with Gasteiger partial charge in [0.15, 0.2) is 0 Å². The highest BCUT2D eigenvalue weighted by Crippen LogP contribution is 2.48. The number of nitro groups is 2. The van der Waals surface area contributed by atoms with Gasteiger partial charge in [-0.25, -0.2) is 0 Å². The van der Waals surface area contributed by atoms with Gasteiger partial charge in [-0.15, -0.1) is 0 Å². The van der Waals surface area contributed by atoms with Crippen molar-refractivity contribution < 1.29 is 9.85 Å². The number of nitrogens with zero attached hydrogens (tertiary/aromatic N) is 2. The molecule has 0 saturated heterocycles. The summed E-state index contributed by atoms with van der Waals surface area (Å²) in [5.41, 5.74) is 1.57. The van der Waals surface area contributed by atoms with Gasteiger partial charge >= 0.3 is 0 Å². The van der Waals surface area contributed by atoms with Crippen LogP contribution in [0.2, 0.25) is 0 Å². The minimum atomic E-state index is -0.612. The Bertz CT molecular complexity index is 802. The third-order valence-electron chi connectivity index (χ3n) is 5.26. The van der Waals surface area contributed by atoms with E-state index in [1.807, 2.05) is 20.8 Å². The zero-order chi connectivity index (χ0) is 19.2. The van der Waals surface area contributed by atoms with E-state index in [-0.39, 0.29) is 22.7 Å². The molecule has 0 heterocycles. The van der Waals surface area contributed by atoms with Crippen molar-refractivity contribution in [1.29, 1.82) is 0 Å². The number of allylic oxidation sites excluding steroid dienone is 4. The zero-order valence-electron chi connectivity index (χ0n) is 15.5. The standard InChI is InChI=1S/C19H24N2O4/c1-12-9-14(18(3,4)5)11-19(6,13(12)2)16-8-7-15(20(22)23)10-17(16)21(24)25/h7-11,13H,1-6H3. The summed E-state index contributed by atoms with van der Waals surface area (Å²) in [4.78, 5) is 21.5. The van der Waals surface area contributed by atoms with Crippen LogP contribution in [0.4, 0.5) is 11.4 Å². The normalized spacial score (nSPS) is 23.7. The summed E-state index contributed by atoms with van der Waals surface area (Å²) in [7, 11) is 0. The second kappa shape index (κ2) is 6.10. The first-order valence-corrected chi connectivity index (χ1v) is 8.22. The minimum Gasteiger partial charge on any atom is -0.258 e. The van der Waals surface area contributed by atoms with Crippen molar-refractivity contribution in [3.05, 3.63) is 67.3 Å². The lowest BCUT2D eigenvalue weighted by atomic mass is 9.63. The molecule has 0 spiro atoms. The molecule has 2 atom stereocenters. The van der Waals surface area contributed by atoms with Gasteiger partial charge in [0, 0.05) is 17.0 Å². The number of benzene rings is 1. The summed E-state index contributed by atoms with van der Waals surface area (Å²) >= 11 is 0. The Morgan fingerprint density at radius 3 is 2.20 bits per heavy atom. The maximum Gasteiger partial charge on any atom is 0.280 e. The van der Waals surface area contributed by atoms with Gasteiger partial charge < -0.3 is 0 Å². The fourth-order valence-electron chi connectivity index (χ4n) is 3.32. The topological polar surface area (TPSA) is 86.3 Å². The average molecular weight is 344 g/mol. The molecule has 0 fully saturated rings. The highest BCUT2D eigenvalue weighted by atomic mass is 16.6. The van der Waals surface area contributed by atoms with E-state index in [0.717, 1.165) is 17.2 Å². The van der Waals surface area contributed by atoms with Crippen LogP contribution in [0.3, 0.4) is 0 Å². The molecule has 0 bridgehead atoms. The molecule has 1 aromatic rings. The SMILES string of the molecule is CC1=CC(C(C)(C)C)=CC(C)(c2ccc([N+](=O)[O-])cc2[N+](=O)[O-])C1C. The quantitative estimate of drug-likeness (QED) is 0.548. The van der Waals surface area contributed by atoms with Crippen LogP contribution in [-0.2, 0) is 5.41 Å². The molecular weight excluding hydrogens is 320 g/mol. The average Bonchev–Trinajstić information content (AvgIpc) is 2.50. The van der Waals surface area contributed by atoms with Crippen LogP contribution in [0.15, 0.2) is 41.5 Å². The number of hydrogen-bond acceptors (Lipinski definition) is 4. The van der Waals surface area contributed by atoms with Gasteiger partial charge in [-0.1, -0.05) is 52.3 Å². The summed E-state index contributed by atoms with van der Waals surface area (Å²) in [5.74, 6) is 0.0405. The number of nitro benzene ring substituents is 2. The highest BCUT2D eigenvalue weighted by molar-refractivity contribution is 5.56. The van der Waals surface area contributed by atoms with E-state index in [9.17, 15) is 20.2 Å². The van der Waals surface area contributed by atoms with Crippen molar-refractivity contribution in [3.63, 3.8) is 0 Å². The molecular formula is C19H24N2O4. The summed E-state index contributed by atoms with van der Waals surface area (Å²) in [6.45, 7) is 12.3. The van der Waals surface area contributed by atoms with Crippen LogP contribution < -0.4 is 0 Å². The molecule has 0 aromatic heterocycles. The molecule has 2 rings (SSSR count). The Kier molecular flexibility index (Phi) is 4.59. The summed E-state index contributed by atoms with van der Waals surface area (Å²) in [6, 6.07) is 3.94. The first-order valence-electron chi connectivity index (χ1n) is 8.22. The first-order chi connectivity index (χ1) is 11.4. The van der Waals surface area contributed by atoms with E-state index in [1.54, 1.807) is 0 Å². The molecule has 6 heteroatoms. The molecule has 134 valence electrons. The molecule has 1 aliphatic carbocycles. The van der Waals surface area contributed by atoms with Crippen molar-refractivity contribution in [2.24, 2.45) is 11.3 Å². The molecule has 0 radical (unpaired) electrons. The van der Waals surface area contributed by atoms with Gasteiger partial charge in [-0.2, -0.15) is 0 Å². The van der Waals surface area contributed by atoms with Gasteiger partial charge in [0.05, 0.1) is 15.9 Å². The molecule has 0 N–H and O–H groups in total. The molecule has 6 nitrogen and oxygen atoms in total. The third-order valence-corrected chi connectivity index (χ3v) is 5.26. The van der Waals surface area contributed by atoms with E-state index in [2.05, 4.69) is 32.9 Å². The molecule has 1 aromatic carbocycles. The lowest BCUT2D eigenvalue weighted by Crippen LogP contribution is -2.34. The van der Waals surface area contributed by atoms with E-state index < -0.39 is 15.3 Å². The largest absolute Gasteiger partial charge is 0.280 e. The summed E-state index contributed by atoms with van der Waals surface area (Å²) in [6.07, 6.45) is 4.22. The van der Waals surface area contributed by atoms with Gasteiger partial charge in [0.25, 0.3) is 11.4 Å². The molecule has 0 aliphatic heterocycles. The van der Waals surface area contributed by atoms with Crippen molar-refractivity contribution in [2.75, 3.05) is 0 Å². The maximum atomic E-state index is 11.6. The summed E-state index contributed by atoms with van der Waals surface area (Å²) in [5, 5.41) is 22.6. The Morgan fingerprint density at radius 2 is 1.72 bits per heavy atom. The van der Waals surface area contributed by atoms with Crippen molar-refractivity contribution in [1.82, 2.24) is 0 Å². The molecule has 2 unspecified atom stereocenters. The van der Waals surface area contributed by atoms with Crippen LogP contribution in [0.1, 0.15) is 47.1 Å². The Balaban J connectivity index is 2.74. The number of non-ortho nitro benzene ring substituents is 1. The van der Waals surface area contributed by atoms with Gasteiger partial charge in [-0.3, -0.25) is 20.2 Å². The molecule has 0 amide bonds. The van der Waals surface area contributed by atoms with Gasteiger partial charge in [0.1, 0.15) is 0 Å². The predicted octanol–water partition coefficient (Wildman–Crippen LogP) is 5.33. The van der Waals surface area contributed by atoms with Crippen molar-refractivity contribution in [3.8, 4) is 0 Å². The molecule has 0 saturated carbocycles. The highest BCUT2D eigenvalue weighted by Gasteiger charge is 2.41. The Hall–Kier alpha value is -2.50.